The average Bonchev–Trinajstić information content (AvgIpc) is 2.94. The zero-order chi connectivity index (χ0) is 29.5. The van der Waals surface area contributed by atoms with Crippen molar-refractivity contribution in [3.8, 4) is 28.2 Å². The molecular weight excluding hydrogens is 553 g/mol. The number of aromatic carboxylic acids is 1. The fraction of sp³-hybridized carbons (Fsp3) is 0.250. The highest BCUT2D eigenvalue weighted by molar-refractivity contribution is 7.78. The Morgan fingerprint density at radius 2 is 1.73 bits per heavy atom. The number of fused-ring (bicyclic) bond motifs is 2. The zero-order valence-electron chi connectivity index (χ0n) is 22.0. The number of anilines is 1. The molecule has 1 aliphatic heterocycles. The van der Waals surface area contributed by atoms with Crippen LogP contribution in [0.4, 0.5) is 5.69 Å². The van der Waals surface area contributed by atoms with E-state index < -0.39 is 5.97 Å². The number of rotatable bonds is 10. The topological polar surface area (TPSA) is 178 Å². The number of aliphatic hydroxyl groups is 1. The molecule has 12 heteroatoms. The van der Waals surface area contributed by atoms with Crippen LogP contribution in [0.5, 0.6) is 5.75 Å². The number of carbonyl (C=O) groups is 1. The summed E-state index contributed by atoms with van der Waals surface area (Å²) in [5, 5.41) is 35.2. The Morgan fingerprint density at radius 3 is 2.38 bits per heavy atom. The molecule has 0 saturated carbocycles. The van der Waals surface area contributed by atoms with Crippen LogP contribution in [0.2, 0.25) is 0 Å². The van der Waals surface area contributed by atoms with Crippen LogP contribution in [0.3, 0.4) is 0 Å². The second-order valence-corrected chi connectivity index (χ2v) is 9.44. The van der Waals surface area contributed by atoms with Gasteiger partial charge in [0, 0.05) is 47.5 Å². The molecule has 0 amide bonds. The van der Waals surface area contributed by atoms with Crippen LogP contribution in [0.25, 0.3) is 33.4 Å². The molecule has 0 saturated heterocycles. The van der Waals surface area contributed by atoms with Crippen molar-refractivity contribution < 1.29 is 29.4 Å². The second-order valence-electron chi connectivity index (χ2n) is 8.44. The van der Waals surface area contributed by atoms with Crippen molar-refractivity contribution in [2.75, 3.05) is 25.5 Å². The van der Waals surface area contributed by atoms with Crippen LogP contribution in [0.15, 0.2) is 63.8 Å². The lowest BCUT2D eigenvalue weighted by Gasteiger charge is -2.17. The molecule has 40 heavy (non-hydrogen) atoms. The number of thiocarbonyl (C=S) groups is 1. The molecule has 1 heterocycles. The summed E-state index contributed by atoms with van der Waals surface area (Å²) in [4.78, 5) is 31.9. The highest BCUT2D eigenvalue weighted by Crippen LogP contribution is 2.42. The van der Waals surface area contributed by atoms with Crippen LogP contribution in [0, 0.1) is 0 Å². The van der Waals surface area contributed by atoms with E-state index >= 15 is 0 Å². The van der Waals surface area contributed by atoms with E-state index in [1.54, 1.807) is 31.3 Å². The summed E-state index contributed by atoms with van der Waals surface area (Å²) < 4.78 is 5.85. The van der Waals surface area contributed by atoms with Crippen molar-refractivity contribution in [1.29, 1.82) is 0 Å². The summed E-state index contributed by atoms with van der Waals surface area (Å²) in [5.41, 5.74) is 8.29. The summed E-state index contributed by atoms with van der Waals surface area (Å²) >= 11 is 4.05. The molecule has 8 N–H and O–H groups in total. The minimum absolute atomic E-state index is 0.00632. The van der Waals surface area contributed by atoms with Crippen LogP contribution in [-0.2, 0) is 0 Å². The van der Waals surface area contributed by atoms with E-state index in [0.29, 0.717) is 45.7 Å². The minimum atomic E-state index is -1.07. The van der Waals surface area contributed by atoms with E-state index in [2.05, 4.69) is 28.4 Å². The van der Waals surface area contributed by atoms with E-state index in [9.17, 15) is 19.8 Å². The molecule has 0 bridgehead atoms. The molecule has 0 spiro atoms. The first-order valence-electron chi connectivity index (χ1n) is 12.4. The average molecular weight is 588 g/mol. The molecule has 2 aromatic carbocycles. The number of nitrogens with two attached hydrogens (primary N) is 1. The number of phenolic OH excluding ortho intramolecular Hbond substituents is 1. The Kier molecular flexibility index (Phi) is 14.0. The molecule has 2 aliphatic rings. The number of benzene rings is 3. The fourth-order valence-electron chi connectivity index (χ4n) is 4.02. The molecule has 1 unspecified atom stereocenters. The van der Waals surface area contributed by atoms with Crippen molar-refractivity contribution >= 4 is 49.3 Å². The van der Waals surface area contributed by atoms with E-state index in [-0.39, 0.29) is 32.3 Å². The number of carboxylic acid groups (broad SMARTS) is 1. The number of carboxylic acids is 1. The number of hydrogen-bond donors (Lipinski definition) is 7. The number of aliphatic hydroxyl groups excluding tert-OH is 1. The third kappa shape index (κ3) is 9.25. The minimum Gasteiger partial charge on any atom is -0.508 e. The molecule has 10 nitrogen and oxygen atoms in total. The van der Waals surface area contributed by atoms with E-state index in [1.165, 1.54) is 24.3 Å². The van der Waals surface area contributed by atoms with Crippen molar-refractivity contribution in [1.82, 2.24) is 5.09 Å². The maximum atomic E-state index is 12.2. The van der Waals surface area contributed by atoms with Crippen LogP contribution >= 0.6 is 21.2 Å². The number of phenols is 1. The molecule has 2 aromatic rings. The van der Waals surface area contributed by atoms with Gasteiger partial charge in [0.15, 0.2) is 5.43 Å². The number of hydrogen-bond acceptors (Lipinski definition) is 9. The van der Waals surface area contributed by atoms with Gasteiger partial charge in [0.05, 0.1) is 20.0 Å². The first kappa shape index (κ1) is 32.6. The van der Waals surface area contributed by atoms with Gasteiger partial charge in [0.1, 0.15) is 17.1 Å². The number of unbranched alkanes of at least 4 members (excludes halogenated alkanes) is 3. The van der Waals surface area contributed by atoms with Crippen molar-refractivity contribution in [2.45, 2.75) is 25.7 Å². The van der Waals surface area contributed by atoms with Gasteiger partial charge in [0.2, 0.25) is 0 Å². The maximum absolute atomic E-state index is 12.2. The summed E-state index contributed by atoms with van der Waals surface area (Å²) in [6.45, 7) is 0.897. The van der Waals surface area contributed by atoms with Gasteiger partial charge in [-0.1, -0.05) is 31.1 Å². The zero-order valence-corrected chi connectivity index (χ0v) is 23.8. The molecular formula is C28H34N3O7PS. The lowest BCUT2D eigenvalue weighted by Crippen LogP contribution is -2.06. The van der Waals surface area contributed by atoms with Gasteiger partial charge < -0.3 is 35.7 Å². The summed E-state index contributed by atoms with van der Waals surface area (Å²) in [5.74, 6) is -0.748. The van der Waals surface area contributed by atoms with Crippen LogP contribution in [-0.4, -0.2) is 51.9 Å². The van der Waals surface area contributed by atoms with E-state index in [4.69, 9.17) is 14.4 Å². The molecule has 214 valence electrons. The number of nitrogens with one attached hydrogen (secondary N) is 2. The van der Waals surface area contributed by atoms with Gasteiger partial charge in [0.25, 0.3) is 0 Å². The van der Waals surface area contributed by atoms with E-state index in [1.807, 2.05) is 6.07 Å². The lowest BCUT2D eigenvalue weighted by molar-refractivity contribution is 0.0697. The lowest BCUT2D eigenvalue weighted by atomic mass is 9.90. The standard InChI is InChI=1S/C26H25NO6.CH6NOP.CH3NS/c28-12-4-2-1-3-11-27-16-5-8-19(22(13-16)26(31)32)25-20-9-6-17(29)14-23(20)33-24-15-18(30)7-10-21(24)25;1-2-4-3;2-1-3/h5-10,13-15,27-29H,1-4,11-12H2,(H,31,32);2-4H,1H3;1H,(H2,2,3). The highest BCUT2D eigenvalue weighted by Gasteiger charge is 2.22. The molecule has 4 rings (SSSR count). The van der Waals surface area contributed by atoms with Crippen molar-refractivity contribution in [2.24, 2.45) is 5.73 Å². The van der Waals surface area contributed by atoms with Crippen molar-refractivity contribution in [3.05, 3.63) is 70.4 Å². The summed E-state index contributed by atoms with van der Waals surface area (Å²) in [7, 11) is 1.58. The van der Waals surface area contributed by atoms with E-state index in [0.717, 1.165) is 31.2 Å². The quantitative estimate of drug-likeness (QED) is 0.0599. The first-order valence-corrected chi connectivity index (χ1v) is 13.9. The Balaban J connectivity index is 0.000000722. The third-order valence-corrected chi connectivity index (χ3v) is 5.95. The fourth-order valence-corrected chi connectivity index (χ4v) is 4.02. The summed E-state index contributed by atoms with van der Waals surface area (Å²) in [6, 6.07) is 14.2. The monoisotopic (exact) mass is 587 g/mol. The van der Waals surface area contributed by atoms with Gasteiger partial charge in [-0.15, -0.1) is 0 Å². The predicted octanol–water partition coefficient (Wildman–Crippen LogP) is 4.54. The SMILES string of the molecule is CNPO.NC=S.O=C(O)c1cc(NCCCCCCO)ccc1-c1c2ccc(=O)cc-2oc2cc(O)ccc12. The molecule has 0 aromatic heterocycles. The molecule has 0 radical (unpaired) electrons. The Labute approximate surface area is 239 Å². The van der Waals surface area contributed by atoms with Gasteiger partial charge in [-0.25, -0.2) is 4.79 Å². The third-order valence-electron chi connectivity index (χ3n) is 5.72. The number of aromatic hydroxyl groups is 1. The first-order chi connectivity index (χ1) is 19.3. The molecule has 1 aliphatic carbocycles. The molecule has 1 atom stereocenters. The van der Waals surface area contributed by atoms with Crippen molar-refractivity contribution in [3.63, 3.8) is 0 Å². The predicted molar refractivity (Wildman–Crippen MR) is 165 cm³/mol. The van der Waals surface area contributed by atoms with Gasteiger partial charge >= 0.3 is 5.97 Å². The highest BCUT2D eigenvalue weighted by atomic mass is 32.1. The Morgan fingerprint density at radius 1 is 1.05 bits per heavy atom. The molecule has 0 fully saturated rings. The Bertz CT molecular complexity index is 1430. The van der Waals surface area contributed by atoms with Crippen LogP contribution in [0.1, 0.15) is 36.0 Å². The largest absolute Gasteiger partial charge is 0.508 e. The Hall–Kier alpha value is -3.60. The van der Waals surface area contributed by atoms with Gasteiger partial charge in [-0.05, 0) is 61.9 Å². The smallest absolute Gasteiger partial charge is 0.336 e. The van der Waals surface area contributed by atoms with Crippen LogP contribution < -0.4 is 21.6 Å². The normalized spacial score (nSPS) is 10.6. The maximum Gasteiger partial charge on any atom is 0.336 e. The van der Waals surface area contributed by atoms with Gasteiger partial charge in [-0.3, -0.25) is 9.88 Å². The van der Waals surface area contributed by atoms with Gasteiger partial charge in [-0.2, -0.15) is 0 Å². The second kappa shape index (κ2) is 17.2. The summed E-state index contributed by atoms with van der Waals surface area (Å²) in [6.07, 6.45) is 3.64.